The minimum atomic E-state index is -3.62. The summed E-state index contributed by atoms with van der Waals surface area (Å²) in [6, 6.07) is 9.07. The third-order valence-corrected chi connectivity index (χ3v) is 7.70. The van der Waals surface area contributed by atoms with Gasteiger partial charge >= 0.3 is 0 Å². The Hall–Kier alpha value is -1.70. The molecule has 0 saturated heterocycles. The molecule has 4 nitrogen and oxygen atoms in total. The van der Waals surface area contributed by atoms with Crippen LogP contribution < -0.4 is 4.72 Å². The van der Waals surface area contributed by atoms with Crippen LogP contribution >= 0.6 is 22.7 Å². The SMILES string of the molecule is Cc1ccccc1NS(=O)(=O)c1cc(-c2nc(C)c(C)s2)sc1C. The predicted octanol–water partition coefficient (Wildman–Crippen LogP) is 4.91. The van der Waals surface area contributed by atoms with E-state index in [0.717, 1.165) is 30.9 Å². The number of thiophene rings is 1. The first-order valence-corrected chi connectivity index (χ1v) is 10.5. The molecule has 1 N–H and O–H groups in total. The molecule has 0 atom stereocenters. The van der Waals surface area contributed by atoms with Gasteiger partial charge in [0.15, 0.2) is 0 Å². The van der Waals surface area contributed by atoms with Crippen molar-refractivity contribution in [1.82, 2.24) is 4.98 Å². The number of thiazole rings is 1. The van der Waals surface area contributed by atoms with E-state index in [1.807, 2.05) is 45.9 Å². The van der Waals surface area contributed by atoms with Crippen LogP contribution in [0.15, 0.2) is 35.2 Å². The molecular formula is C17H18N2O2S3. The van der Waals surface area contributed by atoms with Crippen LogP contribution in [-0.2, 0) is 10.0 Å². The molecule has 0 spiro atoms. The lowest BCUT2D eigenvalue weighted by Crippen LogP contribution is -2.13. The van der Waals surface area contributed by atoms with Crippen LogP contribution in [0, 0.1) is 27.7 Å². The Balaban J connectivity index is 1.98. The Morgan fingerprint density at radius 3 is 2.33 bits per heavy atom. The van der Waals surface area contributed by atoms with E-state index < -0.39 is 10.0 Å². The number of rotatable bonds is 4. The molecule has 24 heavy (non-hydrogen) atoms. The fourth-order valence-corrected chi connectivity index (χ4v) is 5.99. The van der Waals surface area contributed by atoms with Gasteiger partial charge in [-0.15, -0.1) is 22.7 Å². The highest BCUT2D eigenvalue weighted by atomic mass is 32.2. The van der Waals surface area contributed by atoms with Gasteiger partial charge in [-0.2, -0.15) is 0 Å². The molecule has 3 rings (SSSR count). The summed E-state index contributed by atoms with van der Waals surface area (Å²) in [5.74, 6) is 0. The molecule has 126 valence electrons. The molecule has 0 radical (unpaired) electrons. The third-order valence-electron chi connectivity index (χ3n) is 3.79. The van der Waals surface area contributed by atoms with Gasteiger partial charge in [-0.25, -0.2) is 13.4 Å². The van der Waals surface area contributed by atoms with Gasteiger partial charge in [0.2, 0.25) is 0 Å². The molecule has 3 aromatic rings. The average Bonchev–Trinajstić information content (AvgIpc) is 3.05. The molecule has 7 heteroatoms. The van der Waals surface area contributed by atoms with Crippen LogP contribution in [-0.4, -0.2) is 13.4 Å². The number of sulfonamides is 1. The maximum Gasteiger partial charge on any atom is 0.263 e. The molecule has 0 bridgehead atoms. The number of aromatic nitrogens is 1. The minimum absolute atomic E-state index is 0.316. The fourth-order valence-electron chi connectivity index (χ4n) is 2.30. The number of benzene rings is 1. The lowest BCUT2D eigenvalue weighted by atomic mass is 10.2. The van der Waals surface area contributed by atoms with Crippen LogP contribution in [0.4, 0.5) is 5.69 Å². The maximum absolute atomic E-state index is 12.8. The monoisotopic (exact) mass is 378 g/mol. The first-order chi connectivity index (χ1) is 11.3. The standard InChI is InChI=1S/C17H18N2O2S3/c1-10-7-5-6-8-14(10)19-24(20,21)16-9-15(22-13(16)4)17-18-11(2)12(3)23-17/h5-9,19H,1-4H3. The zero-order chi connectivity index (χ0) is 17.5. The summed E-state index contributed by atoms with van der Waals surface area (Å²) >= 11 is 3.05. The summed E-state index contributed by atoms with van der Waals surface area (Å²) in [7, 11) is -3.62. The quantitative estimate of drug-likeness (QED) is 0.702. The summed E-state index contributed by atoms with van der Waals surface area (Å²) in [5.41, 5.74) is 2.48. The second-order valence-electron chi connectivity index (χ2n) is 5.61. The Labute approximate surface area is 150 Å². The number of hydrogen-bond acceptors (Lipinski definition) is 5. The maximum atomic E-state index is 12.8. The van der Waals surface area contributed by atoms with Crippen LogP contribution in [0.5, 0.6) is 0 Å². The van der Waals surface area contributed by atoms with Crippen LogP contribution in [0.1, 0.15) is 21.0 Å². The van der Waals surface area contributed by atoms with E-state index in [-0.39, 0.29) is 0 Å². The highest BCUT2D eigenvalue weighted by Crippen LogP contribution is 2.37. The van der Waals surface area contributed by atoms with Crippen molar-refractivity contribution in [2.45, 2.75) is 32.6 Å². The first kappa shape index (κ1) is 17.1. The van der Waals surface area contributed by atoms with Gasteiger partial charge in [0.1, 0.15) is 9.90 Å². The molecule has 2 heterocycles. The number of hydrogen-bond donors (Lipinski definition) is 1. The topological polar surface area (TPSA) is 59.1 Å². The molecule has 0 fully saturated rings. The fraction of sp³-hybridized carbons (Fsp3) is 0.235. The summed E-state index contributed by atoms with van der Waals surface area (Å²) in [6.07, 6.45) is 0. The van der Waals surface area contributed by atoms with Crippen molar-refractivity contribution in [1.29, 1.82) is 0 Å². The van der Waals surface area contributed by atoms with Crippen molar-refractivity contribution < 1.29 is 8.42 Å². The second-order valence-corrected chi connectivity index (χ2v) is 9.72. The van der Waals surface area contributed by atoms with E-state index in [4.69, 9.17) is 0 Å². The van der Waals surface area contributed by atoms with Gasteiger partial charge in [-0.3, -0.25) is 4.72 Å². The zero-order valence-corrected chi connectivity index (χ0v) is 16.3. The number of nitrogens with zero attached hydrogens (tertiary/aromatic N) is 1. The Bertz CT molecular complexity index is 981. The van der Waals surface area contributed by atoms with E-state index in [0.29, 0.717) is 10.6 Å². The molecular weight excluding hydrogens is 360 g/mol. The highest BCUT2D eigenvalue weighted by Gasteiger charge is 2.22. The van der Waals surface area contributed by atoms with Gasteiger partial charge in [-0.1, -0.05) is 18.2 Å². The van der Waals surface area contributed by atoms with Crippen molar-refractivity contribution in [2.75, 3.05) is 4.72 Å². The Morgan fingerprint density at radius 1 is 1.00 bits per heavy atom. The average molecular weight is 379 g/mol. The zero-order valence-electron chi connectivity index (χ0n) is 13.9. The number of para-hydroxylation sites is 1. The van der Waals surface area contributed by atoms with Crippen LogP contribution in [0.3, 0.4) is 0 Å². The lowest BCUT2D eigenvalue weighted by Gasteiger charge is -2.09. The number of aryl methyl sites for hydroxylation is 4. The van der Waals surface area contributed by atoms with Crippen molar-refractivity contribution in [3.63, 3.8) is 0 Å². The van der Waals surface area contributed by atoms with E-state index in [2.05, 4.69) is 9.71 Å². The molecule has 0 saturated carbocycles. The molecule has 0 amide bonds. The highest BCUT2D eigenvalue weighted by molar-refractivity contribution is 7.93. The largest absolute Gasteiger partial charge is 0.279 e. The van der Waals surface area contributed by atoms with Crippen molar-refractivity contribution in [2.24, 2.45) is 0 Å². The molecule has 0 aliphatic heterocycles. The van der Waals surface area contributed by atoms with E-state index in [9.17, 15) is 8.42 Å². The van der Waals surface area contributed by atoms with Crippen LogP contribution in [0.25, 0.3) is 9.88 Å². The van der Waals surface area contributed by atoms with Crippen LogP contribution in [0.2, 0.25) is 0 Å². The molecule has 2 aromatic heterocycles. The van der Waals surface area contributed by atoms with Gasteiger partial charge in [0.25, 0.3) is 10.0 Å². The molecule has 0 unspecified atom stereocenters. The smallest absolute Gasteiger partial charge is 0.263 e. The Morgan fingerprint density at radius 2 is 1.71 bits per heavy atom. The van der Waals surface area contributed by atoms with Gasteiger partial charge in [0, 0.05) is 9.75 Å². The van der Waals surface area contributed by atoms with Gasteiger partial charge in [0.05, 0.1) is 16.3 Å². The molecule has 0 aliphatic carbocycles. The third kappa shape index (κ3) is 3.24. The summed E-state index contributed by atoms with van der Waals surface area (Å²) in [5, 5.41) is 0.871. The van der Waals surface area contributed by atoms with Crippen molar-refractivity contribution in [3.05, 3.63) is 51.3 Å². The normalized spacial score (nSPS) is 11.7. The lowest BCUT2D eigenvalue weighted by molar-refractivity contribution is 0.601. The van der Waals surface area contributed by atoms with Gasteiger partial charge in [-0.05, 0) is 45.4 Å². The first-order valence-electron chi connectivity index (χ1n) is 7.41. The van der Waals surface area contributed by atoms with E-state index >= 15 is 0 Å². The van der Waals surface area contributed by atoms with E-state index in [1.165, 1.54) is 11.3 Å². The second kappa shape index (κ2) is 6.31. The van der Waals surface area contributed by atoms with Gasteiger partial charge < -0.3 is 0 Å². The summed E-state index contributed by atoms with van der Waals surface area (Å²) < 4.78 is 28.2. The summed E-state index contributed by atoms with van der Waals surface area (Å²) in [6.45, 7) is 7.69. The summed E-state index contributed by atoms with van der Waals surface area (Å²) in [4.78, 5) is 7.64. The molecule has 1 aromatic carbocycles. The Kier molecular flexibility index (Phi) is 4.50. The number of nitrogens with one attached hydrogen (secondary N) is 1. The molecule has 0 aliphatic rings. The number of anilines is 1. The predicted molar refractivity (Wildman–Crippen MR) is 102 cm³/mol. The minimum Gasteiger partial charge on any atom is -0.279 e. The van der Waals surface area contributed by atoms with E-state index in [1.54, 1.807) is 23.5 Å². The van der Waals surface area contributed by atoms with Crippen molar-refractivity contribution >= 4 is 38.4 Å². The van der Waals surface area contributed by atoms with Crippen molar-refractivity contribution in [3.8, 4) is 9.88 Å².